The number of primary sulfonamides is 1. The number of aromatic nitrogens is 3. The predicted molar refractivity (Wildman–Crippen MR) is 84.8 cm³/mol. The fourth-order valence-electron chi connectivity index (χ4n) is 1.99. The lowest BCUT2D eigenvalue weighted by Crippen LogP contribution is -2.16. The number of rotatable bonds is 9. The summed E-state index contributed by atoms with van der Waals surface area (Å²) in [6.07, 6.45) is 8.40. The van der Waals surface area contributed by atoms with Gasteiger partial charge in [0.2, 0.25) is 10.0 Å². The molecule has 6 nitrogen and oxygen atoms in total. The molecule has 0 unspecified atom stereocenters. The van der Waals surface area contributed by atoms with Crippen molar-refractivity contribution in [1.82, 2.24) is 14.6 Å². The Bertz CT molecular complexity index is 670. The van der Waals surface area contributed by atoms with Gasteiger partial charge in [-0.1, -0.05) is 19.3 Å². The van der Waals surface area contributed by atoms with Crippen molar-refractivity contribution in [3.63, 3.8) is 0 Å². The van der Waals surface area contributed by atoms with Crippen molar-refractivity contribution >= 4 is 27.4 Å². The van der Waals surface area contributed by atoms with Gasteiger partial charge in [-0.25, -0.2) is 23.1 Å². The molecule has 0 saturated heterocycles. The van der Waals surface area contributed by atoms with Gasteiger partial charge in [0.1, 0.15) is 5.03 Å². The van der Waals surface area contributed by atoms with E-state index in [0.29, 0.717) is 6.42 Å². The van der Waals surface area contributed by atoms with Crippen LogP contribution in [0.25, 0.3) is 5.65 Å². The van der Waals surface area contributed by atoms with Gasteiger partial charge in [-0.05, 0) is 30.7 Å². The average Bonchev–Trinajstić information content (AvgIpc) is 2.88. The zero-order valence-electron chi connectivity index (χ0n) is 11.8. The number of hydrogen-bond acceptors (Lipinski definition) is 5. The monoisotopic (exact) mass is 328 g/mol. The molecule has 21 heavy (non-hydrogen) atoms. The SMILES string of the molecule is NS(=O)(=O)CCCCCCCSc1ccc2nccn2n1. The summed E-state index contributed by atoms with van der Waals surface area (Å²) in [6, 6.07) is 3.95. The molecule has 0 radical (unpaired) electrons. The van der Waals surface area contributed by atoms with E-state index >= 15 is 0 Å². The fraction of sp³-hybridized carbons (Fsp3) is 0.538. The smallest absolute Gasteiger partial charge is 0.209 e. The Labute approximate surface area is 129 Å². The third-order valence-corrected chi connectivity index (χ3v) is 4.92. The third kappa shape index (κ3) is 6.03. The van der Waals surface area contributed by atoms with Crippen molar-refractivity contribution in [3.05, 3.63) is 24.5 Å². The summed E-state index contributed by atoms with van der Waals surface area (Å²) in [4.78, 5) is 4.15. The molecule has 0 amide bonds. The van der Waals surface area contributed by atoms with Gasteiger partial charge >= 0.3 is 0 Å². The van der Waals surface area contributed by atoms with Crippen LogP contribution in [0.4, 0.5) is 0 Å². The Morgan fingerprint density at radius 3 is 2.71 bits per heavy atom. The van der Waals surface area contributed by atoms with E-state index in [1.807, 2.05) is 18.3 Å². The highest BCUT2D eigenvalue weighted by molar-refractivity contribution is 7.99. The van der Waals surface area contributed by atoms with Crippen molar-refractivity contribution < 1.29 is 8.42 Å². The van der Waals surface area contributed by atoms with E-state index in [4.69, 9.17) is 5.14 Å². The second-order valence-corrected chi connectivity index (χ2v) is 7.73. The van der Waals surface area contributed by atoms with Crippen molar-refractivity contribution in [2.45, 2.75) is 37.1 Å². The molecule has 0 bridgehead atoms. The Balaban J connectivity index is 1.57. The largest absolute Gasteiger partial charge is 0.236 e. The first kappa shape index (κ1) is 16.3. The lowest BCUT2D eigenvalue weighted by molar-refractivity contribution is 0.588. The highest BCUT2D eigenvalue weighted by Gasteiger charge is 2.02. The Hall–Kier alpha value is -1.12. The molecule has 0 aliphatic carbocycles. The van der Waals surface area contributed by atoms with Crippen LogP contribution in [0.1, 0.15) is 32.1 Å². The topological polar surface area (TPSA) is 90.4 Å². The van der Waals surface area contributed by atoms with E-state index < -0.39 is 10.0 Å². The van der Waals surface area contributed by atoms with Gasteiger partial charge in [0.25, 0.3) is 0 Å². The maximum absolute atomic E-state index is 10.8. The highest BCUT2D eigenvalue weighted by Crippen LogP contribution is 2.18. The van der Waals surface area contributed by atoms with Crippen molar-refractivity contribution in [2.24, 2.45) is 5.14 Å². The van der Waals surface area contributed by atoms with E-state index in [2.05, 4.69) is 10.1 Å². The van der Waals surface area contributed by atoms with E-state index in [1.54, 1.807) is 22.5 Å². The van der Waals surface area contributed by atoms with Crippen LogP contribution in [0, 0.1) is 0 Å². The van der Waals surface area contributed by atoms with Crippen LogP contribution < -0.4 is 5.14 Å². The molecule has 0 aliphatic rings. The average molecular weight is 328 g/mol. The second kappa shape index (κ2) is 7.77. The predicted octanol–water partition coefficient (Wildman–Crippen LogP) is 2.06. The van der Waals surface area contributed by atoms with Crippen LogP contribution in [0.5, 0.6) is 0 Å². The van der Waals surface area contributed by atoms with Crippen LogP contribution in [-0.2, 0) is 10.0 Å². The lowest BCUT2D eigenvalue weighted by atomic mass is 10.2. The molecule has 2 rings (SSSR count). The van der Waals surface area contributed by atoms with Crippen molar-refractivity contribution in [3.8, 4) is 0 Å². The maximum atomic E-state index is 10.8. The molecule has 2 heterocycles. The first-order chi connectivity index (χ1) is 10.0. The number of nitrogens with two attached hydrogens (primary N) is 1. The molecule has 0 aliphatic heterocycles. The van der Waals surface area contributed by atoms with Crippen molar-refractivity contribution in [2.75, 3.05) is 11.5 Å². The van der Waals surface area contributed by atoms with Gasteiger partial charge in [-0.2, -0.15) is 5.10 Å². The molecule has 2 aromatic rings. The third-order valence-electron chi connectivity index (χ3n) is 3.05. The Morgan fingerprint density at radius 1 is 1.14 bits per heavy atom. The number of unbranched alkanes of at least 4 members (excludes halogenated alkanes) is 4. The number of hydrogen-bond donors (Lipinski definition) is 1. The molecule has 2 N–H and O–H groups in total. The number of nitrogens with zero attached hydrogens (tertiary/aromatic N) is 3. The van der Waals surface area contributed by atoms with Crippen LogP contribution in [0.15, 0.2) is 29.6 Å². The van der Waals surface area contributed by atoms with Crippen LogP contribution in [0.2, 0.25) is 0 Å². The van der Waals surface area contributed by atoms with Gasteiger partial charge in [0.05, 0.1) is 5.75 Å². The second-order valence-electron chi connectivity index (χ2n) is 4.88. The summed E-state index contributed by atoms with van der Waals surface area (Å²) in [5.74, 6) is 1.11. The molecule has 2 aromatic heterocycles. The van der Waals surface area contributed by atoms with Gasteiger partial charge in [0.15, 0.2) is 5.65 Å². The summed E-state index contributed by atoms with van der Waals surface area (Å²) < 4.78 is 23.3. The molecule has 116 valence electrons. The molecular formula is C13H20N4O2S2. The minimum Gasteiger partial charge on any atom is -0.236 e. The normalized spacial score (nSPS) is 12.0. The van der Waals surface area contributed by atoms with E-state index in [-0.39, 0.29) is 5.75 Å². The lowest BCUT2D eigenvalue weighted by Gasteiger charge is -2.02. The molecule has 8 heteroatoms. The zero-order valence-corrected chi connectivity index (χ0v) is 13.4. The molecule has 0 aromatic carbocycles. The number of imidazole rings is 1. The zero-order chi connectivity index (χ0) is 15.1. The summed E-state index contributed by atoms with van der Waals surface area (Å²) >= 11 is 1.73. The Kier molecular flexibility index (Phi) is 6.01. The summed E-state index contributed by atoms with van der Waals surface area (Å²) in [6.45, 7) is 0. The van der Waals surface area contributed by atoms with Gasteiger partial charge in [0, 0.05) is 12.4 Å². The summed E-state index contributed by atoms with van der Waals surface area (Å²) in [5, 5.41) is 10.4. The standard InChI is InChI=1S/C13H20N4O2S2/c14-21(18,19)11-5-3-1-2-4-10-20-13-7-6-12-15-8-9-17(12)16-13/h6-9H,1-5,10-11H2,(H2,14,18,19). The highest BCUT2D eigenvalue weighted by atomic mass is 32.2. The number of fused-ring (bicyclic) bond motifs is 1. The minimum atomic E-state index is -3.29. The van der Waals surface area contributed by atoms with E-state index in [0.717, 1.165) is 42.1 Å². The fourth-order valence-corrected chi connectivity index (χ4v) is 3.46. The first-order valence-electron chi connectivity index (χ1n) is 6.98. The van der Waals surface area contributed by atoms with Gasteiger partial charge < -0.3 is 0 Å². The molecule has 0 atom stereocenters. The van der Waals surface area contributed by atoms with Gasteiger partial charge in [-0.3, -0.25) is 0 Å². The molecule has 0 fully saturated rings. The number of sulfonamides is 1. The number of thioether (sulfide) groups is 1. The van der Waals surface area contributed by atoms with Gasteiger partial charge in [-0.15, -0.1) is 11.8 Å². The summed E-state index contributed by atoms with van der Waals surface area (Å²) in [7, 11) is -3.29. The summed E-state index contributed by atoms with van der Waals surface area (Å²) in [5.41, 5.74) is 0.856. The van der Waals surface area contributed by atoms with Crippen molar-refractivity contribution in [1.29, 1.82) is 0 Å². The van der Waals surface area contributed by atoms with Crippen LogP contribution in [0.3, 0.4) is 0 Å². The van der Waals surface area contributed by atoms with E-state index in [9.17, 15) is 8.42 Å². The van der Waals surface area contributed by atoms with Crippen LogP contribution in [-0.4, -0.2) is 34.5 Å². The molecule has 0 saturated carbocycles. The first-order valence-corrected chi connectivity index (χ1v) is 9.68. The van der Waals surface area contributed by atoms with Crippen LogP contribution >= 0.6 is 11.8 Å². The molecule has 0 spiro atoms. The molecular weight excluding hydrogens is 308 g/mol. The minimum absolute atomic E-state index is 0.0938. The maximum Gasteiger partial charge on any atom is 0.209 e. The Morgan fingerprint density at radius 2 is 1.90 bits per heavy atom. The van der Waals surface area contributed by atoms with E-state index in [1.165, 1.54) is 0 Å². The quantitative estimate of drug-likeness (QED) is 0.562.